The second-order valence-electron chi connectivity index (χ2n) is 8.39. The maximum atomic E-state index is 12.9. The average molecular weight is 415 g/mol. The SMILES string of the molecule is CCCN1CCC(C#N)(NC(=O)[C@H](CC(C)C)OC(=O)NCc2ccccc2)CC1. The molecule has 2 amide bonds. The van der Waals surface area contributed by atoms with Crippen molar-refractivity contribution >= 4 is 12.0 Å². The number of hydrogen-bond acceptors (Lipinski definition) is 5. The number of nitriles is 1. The standard InChI is InChI=1S/C23H34N4O3/c1-4-12-27-13-10-23(17-24,11-14-27)26-21(28)20(15-18(2)3)30-22(29)25-16-19-8-6-5-7-9-19/h5-9,18,20H,4,10-16H2,1-3H3,(H,25,29)(H,26,28)/t20-/m0/s1. The second-order valence-corrected chi connectivity index (χ2v) is 8.39. The van der Waals surface area contributed by atoms with Gasteiger partial charge >= 0.3 is 6.09 Å². The first-order valence-corrected chi connectivity index (χ1v) is 10.8. The topological polar surface area (TPSA) is 94.5 Å². The average Bonchev–Trinajstić information content (AvgIpc) is 2.74. The maximum Gasteiger partial charge on any atom is 0.408 e. The van der Waals surface area contributed by atoms with E-state index in [1.54, 1.807) is 0 Å². The quantitative estimate of drug-likeness (QED) is 0.647. The first-order valence-electron chi connectivity index (χ1n) is 10.8. The van der Waals surface area contributed by atoms with Crippen LogP contribution in [-0.2, 0) is 16.1 Å². The van der Waals surface area contributed by atoms with Gasteiger partial charge in [0.25, 0.3) is 5.91 Å². The van der Waals surface area contributed by atoms with Gasteiger partial charge in [-0.25, -0.2) is 4.79 Å². The molecule has 1 aliphatic rings. The first kappa shape index (κ1) is 23.7. The van der Waals surface area contributed by atoms with E-state index < -0.39 is 23.6 Å². The van der Waals surface area contributed by atoms with E-state index in [0.717, 1.165) is 31.6 Å². The molecule has 1 saturated heterocycles. The number of amides is 2. The Hall–Kier alpha value is -2.59. The third-order valence-corrected chi connectivity index (χ3v) is 5.33. The summed E-state index contributed by atoms with van der Waals surface area (Å²) in [6.45, 7) is 8.93. The molecule has 1 aromatic rings. The van der Waals surface area contributed by atoms with E-state index in [1.807, 2.05) is 44.2 Å². The van der Waals surface area contributed by atoms with Gasteiger partial charge < -0.3 is 20.3 Å². The van der Waals surface area contributed by atoms with Crippen molar-refractivity contribution in [3.63, 3.8) is 0 Å². The van der Waals surface area contributed by atoms with Gasteiger partial charge in [0, 0.05) is 19.6 Å². The largest absolute Gasteiger partial charge is 0.436 e. The zero-order valence-corrected chi connectivity index (χ0v) is 18.3. The van der Waals surface area contributed by atoms with E-state index in [9.17, 15) is 14.9 Å². The van der Waals surface area contributed by atoms with Crippen molar-refractivity contribution in [2.45, 2.75) is 64.6 Å². The van der Waals surface area contributed by atoms with Crippen molar-refractivity contribution in [3.8, 4) is 6.07 Å². The van der Waals surface area contributed by atoms with Crippen LogP contribution < -0.4 is 10.6 Å². The number of nitrogens with one attached hydrogen (secondary N) is 2. The van der Waals surface area contributed by atoms with Crippen molar-refractivity contribution in [3.05, 3.63) is 35.9 Å². The van der Waals surface area contributed by atoms with Gasteiger partial charge in [-0.15, -0.1) is 0 Å². The van der Waals surface area contributed by atoms with Crippen LogP contribution in [0.15, 0.2) is 30.3 Å². The molecule has 0 bridgehead atoms. The fraction of sp³-hybridized carbons (Fsp3) is 0.609. The highest BCUT2D eigenvalue weighted by Crippen LogP contribution is 2.23. The van der Waals surface area contributed by atoms with E-state index in [4.69, 9.17) is 4.74 Å². The molecule has 0 saturated carbocycles. The third kappa shape index (κ3) is 7.34. The van der Waals surface area contributed by atoms with Crippen LogP contribution in [0.5, 0.6) is 0 Å². The molecule has 2 N–H and O–H groups in total. The first-order chi connectivity index (χ1) is 14.4. The molecule has 0 aliphatic carbocycles. The van der Waals surface area contributed by atoms with E-state index in [2.05, 4.69) is 28.5 Å². The summed E-state index contributed by atoms with van der Waals surface area (Å²) in [5.74, 6) is -0.240. The Labute approximate surface area is 179 Å². The molecule has 1 heterocycles. The molecule has 7 heteroatoms. The number of nitrogens with zero attached hydrogens (tertiary/aromatic N) is 2. The summed E-state index contributed by atoms with van der Waals surface area (Å²) in [6, 6.07) is 11.8. The van der Waals surface area contributed by atoms with Gasteiger partial charge in [0.1, 0.15) is 5.54 Å². The second kappa shape index (κ2) is 11.6. The summed E-state index contributed by atoms with van der Waals surface area (Å²) in [5.41, 5.74) is 0.0436. The van der Waals surface area contributed by atoms with Gasteiger partial charge in [-0.2, -0.15) is 5.26 Å². The normalized spacial score (nSPS) is 17.0. The van der Waals surface area contributed by atoms with Gasteiger partial charge in [0.2, 0.25) is 0 Å². The van der Waals surface area contributed by atoms with Crippen LogP contribution in [0.1, 0.15) is 52.0 Å². The molecule has 164 valence electrons. The zero-order chi connectivity index (χ0) is 22.0. The van der Waals surface area contributed by atoms with Gasteiger partial charge in [0.05, 0.1) is 6.07 Å². The lowest BCUT2D eigenvalue weighted by molar-refractivity contribution is -0.132. The Morgan fingerprint density at radius 1 is 1.23 bits per heavy atom. The van der Waals surface area contributed by atoms with E-state index in [-0.39, 0.29) is 5.92 Å². The number of hydrogen-bond donors (Lipinski definition) is 2. The number of alkyl carbamates (subject to hydrolysis) is 1. The van der Waals surface area contributed by atoms with Crippen LogP contribution in [0.25, 0.3) is 0 Å². The monoisotopic (exact) mass is 414 g/mol. The van der Waals surface area contributed by atoms with Crippen LogP contribution in [-0.4, -0.2) is 48.2 Å². The molecule has 0 radical (unpaired) electrons. The summed E-state index contributed by atoms with van der Waals surface area (Å²) in [7, 11) is 0. The Morgan fingerprint density at radius 3 is 2.47 bits per heavy atom. The lowest BCUT2D eigenvalue weighted by Gasteiger charge is -2.38. The highest BCUT2D eigenvalue weighted by molar-refractivity contribution is 5.84. The minimum Gasteiger partial charge on any atom is -0.436 e. The lowest BCUT2D eigenvalue weighted by Crippen LogP contribution is -2.57. The summed E-state index contributed by atoms with van der Waals surface area (Å²) >= 11 is 0. The van der Waals surface area contributed by atoms with Crippen LogP contribution in [0, 0.1) is 17.2 Å². The molecule has 1 atom stereocenters. The van der Waals surface area contributed by atoms with Crippen molar-refractivity contribution in [2.24, 2.45) is 5.92 Å². The van der Waals surface area contributed by atoms with E-state index in [0.29, 0.717) is 25.8 Å². The van der Waals surface area contributed by atoms with Crippen LogP contribution in [0.4, 0.5) is 4.79 Å². The van der Waals surface area contributed by atoms with Gasteiger partial charge in [0.15, 0.2) is 6.10 Å². The van der Waals surface area contributed by atoms with E-state index >= 15 is 0 Å². The number of rotatable bonds is 9. The highest BCUT2D eigenvalue weighted by Gasteiger charge is 2.38. The molecular formula is C23H34N4O3. The van der Waals surface area contributed by atoms with Crippen LogP contribution in [0.3, 0.4) is 0 Å². The van der Waals surface area contributed by atoms with E-state index in [1.165, 1.54) is 0 Å². The van der Waals surface area contributed by atoms with Gasteiger partial charge in [-0.3, -0.25) is 4.79 Å². The van der Waals surface area contributed by atoms with Gasteiger partial charge in [-0.05, 0) is 43.7 Å². The summed E-state index contributed by atoms with van der Waals surface area (Å²) < 4.78 is 5.45. The number of carbonyl (C=O) groups excluding carboxylic acids is 2. The molecule has 1 aliphatic heterocycles. The number of benzene rings is 1. The summed E-state index contributed by atoms with van der Waals surface area (Å²) in [5, 5.41) is 15.3. The van der Waals surface area contributed by atoms with Crippen molar-refractivity contribution in [1.29, 1.82) is 5.26 Å². The molecular weight excluding hydrogens is 380 g/mol. The minimum atomic E-state index is -0.931. The molecule has 7 nitrogen and oxygen atoms in total. The van der Waals surface area contributed by atoms with Gasteiger partial charge in [-0.1, -0.05) is 51.1 Å². The number of likely N-dealkylation sites (tertiary alicyclic amines) is 1. The number of piperidine rings is 1. The molecule has 0 aromatic heterocycles. The fourth-order valence-corrected chi connectivity index (χ4v) is 3.63. The lowest BCUT2D eigenvalue weighted by atomic mass is 9.88. The zero-order valence-electron chi connectivity index (χ0n) is 18.3. The van der Waals surface area contributed by atoms with Crippen LogP contribution >= 0.6 is 0 Å². The Kier molecular flexibility index (Phi) is 9.13. The smallest absolute Gasteiger partial charge is 0.408 e. The third-order valence-electron chi connectivity index (χ3n) is 5.33. The Morgan fingerprint density at radius 2 is 1.90 bits per heavy atom. The van der Waals surface area contributed by atoms with Crippen molar-refractivity contribution in [2.75, 3.05) is 19.6 Å². The van der Waals surface area contributed by atoms with Crippen molar-refractivity contribution < 1.29 is 14.3 Å². The minimum absolute atomic E-state index is 0.159. The predicted molar refractivity (Wildman–Crippen MR) is 115 cm³/mol. The van der Waals surface area contributed by atoms with Crippen LogP contribution in [0.2, 0.25) is 0 Å². The Bertz CT molecular complexity index is 722. The molecule has 0 unspecified atom stereocenters. The summed E-state index contributed by atoms with van der Waals surface area (Å²) in [4.78, 5) is 27.5. The molecule has 0 spiro atoms. The number of carbonyl (C=O) groups is 2. The molecule has 2 rings (SSSR count). The molecule has 30 heavy (non-hydrogen) atoms. The highest BCUT2D eigenvalue weighted by atomic mass is 16.6. The molecule has 1 fully saturated rings. The predicted octanol–water partition coefficient (Wildman–Crippen LogP) is 3.21. The fourth-order valence-electron chi connectivity index (χ4n) is 3.63. The maximum absolute atomic E-state index is 12.9. The Balaban J connectivity index is 1.95. The summed E-state index contributed by atoms with van der Waals surface area (Å²) in [6.07, 6.45) is 1.04. The molecule has 1 aromatic carbocycles. The van der Waals surface area contributed by atoms with Crippen molar-refractivity contribution in [1.82, 2.24) is 15.5 Å². The number of ether oxygens (including phenoxy) is 1.